The quantitative estimate of drug-likeness (QED) is 0.798. The van der Waals surface area contributed by atoms with Crippen molar-refractivity contribution in [3.63, 3.8) is 0 Å². The number of methoxy groups -OCH3 is 1. The minimum atomic E-state index is -1.12. The van der Waals surface area contributed by atoms with Crippen LogP contribution in [0.5, 0.6) is 0 Å². The fraction of sp³-hybridized carbons (Fsp3) is 0.308. The van der Waals surface area contributed by atoms with Gasteiger partial charge >= 0.3 is 5.97 Å². The third kappa shape index (κ3) is 3.29. The van der Waals surface area contributed by atoms with Crippen molar-refractivity contribution in [2.45, 2.75) is 13.0 Å². The third-order valence-electron chi connectivity index (χ3n) is 2.72. The van der Waals surface area contributed by atoms with Crippen molar-refractivity contribution in [1.29, 1.82) is 0 Å². The average Bonchev–Trinajstić information content (AvgIpc) is 3.12. The molecule has 0 aliphatic heterocycles. The number of nitrogens with one attached hydrogen (secondary N) is 1. The molecule has 2 rings (SSSR count). The highest BCUT2D eigenvalue weighted by atomic mass is 32.1. The maximum atomic E-state index is 12.1. The van der Waals surface area contributed by atoms with Crippen LogP contribution >= 0.6 is 11.3 Å². The predicted octanol–water partition coefficient (Wildman–Crippen LogP) is 0.975. The van der Waals surface area contributed by atoms with Crippen LogP contribution in [0.2, 0.25) is 0 Å². The minimum Gasteiger partial charge on any atom is -0.467 e. The van der Waals surface area contributed by atoms with Gasteiger partial charge in [-0.05, 0) is 19.1 Å². The van der Waals surface area contributed by atoms with Gasteiger partial charge in [0.1, 0.15) is 5.69 Å². The monoisotopic (exact) mass is 310 g/mol. The van der Waals surface area contributed by atoms with Gasteiger partial charge in [-0.25, -0.2) is 9.78 Å². The van der Waals surface area contributed by atoms with Gasteiger partial charge in [0.25, 0.3) is 5.91 Å². The molecule has 0 aromatic carbocycles. The summed E-state index contributed by atoms with van der Waals surface area (Å²) in [6.07, 6.45) is 1.52. The van der Waals surface area contributed by atoms with Crippen LogP contribution in [0.4, 0.5) is 0 Å². The molecular weight excluding hydrogens is 296 g/mol. The summed E-state index contributed by atoms with van der Waals surface area (Å²) in [4.78, 5) is 28.4. The number of ether oxygens (including phenoxy) is 1. The topological polar surface area (TPSA) is 102 Å². The molecule has 7 nitrogen and oxygen atoms in total. The number of thiazole rings is 1. The second kappa shape index (κ2) is 6.51. The van der Waals surface area contributed by atoms with Gasteiger partial charge in [0.05, 0.1) is 20.0 Å². The van der Waals surface area contributed by atoms with Crippen molar-refractivity contribution in [3.8, 4) is 10.8 Å². The number of aliphatic hydroxyl groups excluding tert-OH is 1. The summed E-state index contributed by atoms with van der Waals surface area (Å²) in [5.74, 6) is -0.704. The van der Waals surface area contributed by atoms with Gasteiger partial charge in [-0.3, -0.25) is 4.79 Å². The van der Waals surface area contributed by atoms with E-state index in [4.69, 9.17) is 9.52 Å². The lowest BCUT2D eigenvalue weighted by Gasteiger charge is -2.12. The predicted molar refractivity (Wildman–Crippen MR) is 74.9 cm³/mol. The zero-order valence-corrected chi connectivity index (χ0v) is 12.3. The molecule has 0 saturated heterocycles. The Hall–Kier alpha value is -2.19. The van der Waals surface area contributed by atoms with Crippen molar-refractivity contribution >= 4 is 23.2 Å². The minimum absolute atomic E-state index is 0.189. The Balaban J connectivity index is 2.18. The largest absolute Gasteiger partial charge is 0.467 e. The van der Waals surface area contributed by atoms with Crippen LogP contribution < -0.4 is 5.32 Å². The van der Waals surface area contributed by atoms with E-state index in [9.17, 15) is 9.59 Å². The molecule has 2 aromatic rings. The maximum absolute atomic E-state index is 12.1. The first kappa shape index (κ1) is 15.2. The van der Waals surface area contributed by atoms with Gasteiger partial charge in [0, 0.05) is 4.88 Å². The Labute approximate surface area is 124 Å². The smallest absolute Gasteiger partial charge is 0.330 e. The van der Waals surface area contributed by atoms with Crippen molar-refractivity contribution < 1.29 is 23.8 Å². The standard InChI is InChI=1S/C13H14N2O5S/c1-7-10(11(17)14-8(6-16)13(18)19-2)15-12(21-7)9-4-3-5-20-9/h3-5,8,16H,6H2,1-2H3,(H,14,17). The Morgan fingerprint density at radius 3 is 2.90 bits per heavy atom. The summed E-state index contributed by atoms with van der Waals surface area (Å²) < 4.78 is 9.72. The average molecular weight is 310 g/mol. The molecule has 0 spiro atoms. The van der Waals surface area contributed by atoms with E-state index in [0.717, 1.165) is 0 Å². The van der Waals surface area contributed by atoms with E-state index in [1.54, 1.807) is 19.1 Å². The highest BCUT2D eigenvalue weighted by Gasteiger charge is 2.24. The number of carbonyl (C=O) groups excluding carboxylic acids is 2. The molecule has 0 radical (unpaired) electrons. The van der Waals surface area contributed by atoms with E-state index < -0.39 is 24.5 Å². The molecule has 0 aliphatic carbocycles. The van der Waals surface area contributed by atoms with E-state index in [1.807, 2.05) is 0 Å². The second-order valence-corrected chi connectivity index (χ2v) is 5.34. The maximum Gasteiger partial charge on any atom is 0.330 e. The molecule has 2 N–H and O–H groups in total. The van der Waals surface area contributed by atoms with E-state index >= 15 is 0 Å². The van der Waals surface area contributed by atoms with Gasteiger partial charge in [-0.2, -0.15) is 0 Å². The zero-order chi connectivity index (χ0) is 15.4. The number of esters is 1. The number of amides is 1. The first-order valence-electron chi connectivity index (χ1n) is 6.07. The van der Waals surface area contributed by atoms with Gasteiger partial charge < -0.3 is 19.6 Å². The zero-order valence-electron chi connectivity index (χ0n) is 11.5. The van der Waals surface area contributed by atoms with E-state index in [0.29, 0.717) is 15.6 Å². The molecule has 0 aliphatic rings. The Morgan fingerprint density at radius 1 is 1.57 bits per heavy atom. The SMILES string of the molecule is COC(=O)C(CO)NC(=O)c1nc(-c2ccco2)sc1C. The van der Waals surface area contributed by atoms with E-state index in [1.165, 1.54) is 24.7 Å². The number of rotatable bonds is 5. The van der Waals surface area contributed by atoms with Crippen LogP contribution in [0.25, 0.3) is 10.8 Å². The molecule has 0 saturated carbocycles. The van der Waals surface area contributed by atoms with Crippen molar-refractivity contribution in [1.82, 2.24) is 10.3 Å². The molecule has 112 valence electrons. The summed E-state index contributed by atoms with van der Waals surface area (Å²) in [6, 6.07) is 2.35. The van der Waals surface area contributed by atoms with Crippen molar-refractivity contribution in [2.75, 3.05) is 13.7 Å². The molecule has 0 bridgehead atoms. The summed E-state index contributed by atoms with van der Waals surface area (Å²) in [7, 11) is 1.18. The number of carbonyl (C=O) groups is 2. The van der Waals surface area contributed by atoms with Crippen LogP contribution in [0, 0.1) is 6.92 Å². The van der Waals surface area contributed by atoms with Crippen LogP contribution in [-0.2, 0) is 9.53 Å². The van der Waals surface area contributed by atoms with Crippen molar-refractivity contribution in [2.24, 2.45) is 0 Å². The molecule has 1 amide bonds. The molecular formula is C13H14N2O5S. The summed E-state index contributed by atoms with van der Waals surface area (Å²) >= 11 is 1.30. The second-order valence-electron chi connectivity index (χ2n) is 4.13. The number of hydrogen-bond acceptors (Lipinski definition) is 7. The summed E-state index contributed by atoms with van der Waals surface area (Å²) in [5.41, 5.74) is 0.189. The Bertz CT molecular complexity index is 635. The van der Waals surface area contributed by atoms with Crippen LogP contribution in [0.15, 0.2) is 22.8 Å². The number of hydrogen-bond donors (Lipinski definition) is 2. The van der Waals surface area contributed by atoms with Gasteiger partial charge in [0.15, 0.2) is 16.8 Å². The molecule has 1 unspecified atom stereocenters. The van der Waals surface area contributed by atoms with E-state index in [-0.39, 0.29) is 5.69 Å². The van der Waals surface area contributed by atoms with Gasteiger partial charge in [-0.15, -0.1) is 11.3 Å². The number of aliphatic hydroxyl groups is 1. The first-order chi connectivity index (χ1) is 10.1. The summed E-state index contributed by atoms with van der Waals surface area (Å²) in [6.45, 7) is 1.19. The molecule has 1 atom stereocenters. The fourth-order valence-electron chi connectivity index (χ4n) is 1.66. The van der Waals surface area contributed by atoms with E-state index in [2.05, 4.69) is 15.0 Å². The van der Waals surface area contributed by atoms with Gasteiger partial charge in [-0.1, -0.05) is 0 Å². The molecule has 8 heteroatoms. The number of aryl methyl sites for hydroxylation is 1. The van der Waals surface area contributed by atoms with Crippen LogP contribution in [0.3, 0.4) is 0 Å². The number of aromatic nitrogens is 1. The molecule has 2 heterocycles. The Kier molecular flexibility index (Phi) is 4.71. The van der Waals surface area contributed by atoms with Crippen molar-refractivity contribution in [3.05, 3.63) is 29.0 Å². The lowest BCUT2D eigenvalue weighted by atomic mass is 10.3. The molecule has 21 heavy (non-hydrogen) atoms. The van der Waals surface area contributed by atoms with Gasteiger partial charge in [0.2, 0.25) is 0 Å². The lowest BCUT2D eigenvalue weighted by Crippen LogP contribution is -2.44. The fourth-order valence-corrected chi connectivity index (χ4v) is 2.54. The summed E-state index contributed by atoms with van der Waals surface area (Å²) in [5, 5.41) is 12.1. The van der Waals surface area contributed by atoms with Crippen LogP contribution in [0.1, 0.15) is 15.4 Å². The molecule has 2 aromatic heterocycles. The first-order valence-corrected chi connectivity index (χ1v) is 6.89. The number of furan rings is 1. The van der Waals surface area contributed by atoms with Crippen LogP contribution in [-0.4, -0.2) is 41.7 Å². The number of nitrogens with zero attached hydrogens (tertiary/aromatic N) is 1. The molecule has 0 fully saturated rings. The normalized spacial score (nSPS) is 12.0. The third-order valence-corrected chi connectivity index (χ3v) is 3.70. The Morgan fingerprint density at radius 2 is 2.33 bits per heavy atom. The lowest BCUT2D eigenvalue weighted by molar-refractivity contribution is -0.143. The highest BCUT2D eigenvalue weighted by Crippen LogP contribution is 2.27. The highest BCUT2D eigenvalue weighted by molar-refractivity contribution is 7.15.